The Labute approximate surface area is 176 Å². The van der Waals surface area contributed by atoms with Crippen molar-refractivity contribution in [1.82, 2.24) is 15.0 Å². The van der Waals surface area contributed by atoms with Crippen molar-refractivity contribution < 1.29 is 18.8 Å². The molecule has 2 aromatic rings. The lowest BCUT2D eigenvalue weighted by Crippen LogP contribution is -2.49. The number of rotatable bonds is 5. The molecule has 2 aliphatic heterocycles. The van der Waals surface area contributed by atoms with Gasteiger partial charge in [0.2, 0.25) is 5.89 Å². The SMILES string of the molecule is CCOc1ccc(NC(=O)N2CCCC(C)(c3noc(C4CCOCC4)n3)C2)cc1. The average molecular weight is 415 g/mol. The molecule has 30 heavy (non-hydrogen) atoms. The second-order valence-corrected chi connectivity index (χ2v) is 8.32. The molecule has 0 aliphatic carbocycles. The summed E-state index contributed by atoms with van der Waals surface area (Å²) >= 11 is 0. The van der Waals surface area contributed by atoms with Crippen LogP contribution in [0.5, 0.6) is 5.75 Å². The quantitative estimate of drug-likeness (QED) is 0.797. The summed E-state index contributed by atoms with van der Waals surface area (Å²) in [7, 11) is 0. The third kappa shape index (κ3) is 4.59. The largest absolute Gasteiger partial charge is 0.494 e. The van der Waals surface area contributed by atoms with E-state index in [4.69, 9.17) is 19.0 Å². The zero-order valence-electron chi connectivity index (χ0n) is 17.7. The number of benzene rings is 1. The van der Waals surface area contributed by atoms with Crippen LogP contribution in [0.15, 0.2) is 28.8 Å². The van der Waals surface area contributed by atoms with Gasteiger partial charge in [-0.15, -0.1) is 0 Å². The molecule has 1 unspecified atom stereocenters. The molecule has 8 heteroatoms. The third-order valence-corrected chi connectivity index (χ3v) is 5.95. The van der Waals surface area contributed by atoms with Crippen LogP contribution in [0.25, 0.3) is 0 Å². The van der Waals surface area contributed by atoms with Gasteiger partial charge in [0.25, 0.3) is 0 Å². The molecule has 1 atom stereocenters. The molecule has 2 aliphatic rings. The Kier molecular flexibility index (Phi) is 6.22. The number of likely N-dealkylation sites (tertiary alicyclic amines) is 1. The summed E-state index contributed by atoms with van der Waals surface area (Å²) in [5, 5.41) is 7.27. The predicted octanol–water partition coefficient (Wildman–Crippen LogP) is 3.95. The van der Waals surface area contributed by atoms with E-state index in [-0.39, 0.29) is 17.4 Å². The Bertz CT molecular complexity index is 847. The minimum absolute atomic E-state index is 0.113. The lowest BCUT2D eigenvalue weighted by molar-refractivity contribution is 0.0778. The molecule has 1 N–H and O–H groups in total. The van der Waals surface area contributed by atoms with Gasteiger partial charge in [-0.25, -0.2) is 4.79 Å². The van der Waals surface area contributed by atoms with Crippen LogP contribution in [0, 0.1) is 0 Å². The maximum atomic E-state index is 12.9. The summed E-state index contributed by atoms with van der Waals surface area (Å²) in [5.74, 6) is 2.46. The van der Waals surface area contributed by atoms with Gasteiger partial charge in [0.1, 0.15) is 5.75 Å². The third-order valence-electron chi connectivity index (χ3n) is 5.95. The van der Waals surface area contributed by atoms with E-state index >= 15 is 0 Å². The minimum atomic E-state index is -0.318. The smallest absolute Gasteiger partial charge is 0.321 e. The van der Waals surface area contributed by atoms with Crippen LogP contribution in [0.1, 0.15) is 57.2 Å². The van der Waals surface area contributed by atoms with Gasteiger partial charge in [-0.2, -0.15) is 4.98 Å². The standard InChI is InChI=1S/C22H30N4O4/c1-3-29-18-7-5-17(6-8-18)23-21(27)26-12-4-11-22(2,15-26)20-24-19(30-25-20)16-9-13-28-14-10-16/h5-8,16H,3-4,9-15H2,1-2H3,(H,23,27). The van der Waals surface area contributed by atoms with Crippen molar-refractivity contribution in [2.75, 3.05) is 38.2 Å². The number of aromatic nitrogens is 2. The number of urea groups is 1. The van der Waals surface area contributed by atoms with Gasteiger partial charge >= 0.3 is 6.03 Å². The van der Waals surface area contributed by atoms with Crippen molar-refractivity contribution in [3.63, 3.8) is 0 Å². The summed E-state index contributed by atoms with van der Waals surface area (Å²) in [6, 6.07) is 7.31. The van der Waals surface area contributed by atoms with Gasteiger partial charge in [0.15, 0.2) is 5.82 Å². The maximum Gasteiger partial charge on any atom is 0.321 e. The van der Waals surface area contributed by atoms with Crippen molar-refractivity contribution >= 4 is 11.7 Å². The van der Waals surface area contributed by atoms with E-state index in [0.29, 0.717) is 31.4 Å². The van der Waals surface area contributed by atoms with E-state index in [9.17, 15) is 4.79 Å². The fraction of sp³-hybridized carbons (Fsp3) is 0.591. The van der Waals surface area contributed by atoms with Crippen LogP contribution in [0.2, 0.25) is 0 Å². The first kappa shape index (κ1) is 20.7. The molecule has 3 heterocycles. The topological polar surface area (TPSA) is 89.7 Å². The van der Waals surface area contributed by atoms with E-state index in [1.165, 1.54) is 0 Å². The van der Waals surface area contributed by atoms with Crippen LogP contribution in [-0.2, 0) is 10.2 Å². The second kappa shape index (κ2) is 9.04. The molecule has 1 aromatic heterocycles. The van der Waals surface area contributed by atoms with Gasteiger partial charge in [-0.1, -0.05) is 12.1 Å². The zero-order valence-corrected chi connectivity index (χ0v) is 17.7. The molecule has 2 fully saturated rings. The molecule has 8 nitrogen and oxygen atoms in total. The van der Waals surface area contributed by atoms with Gasteiger partial charge in [0, 0.05) is 43.3 Å². The molecule has 0 bridgehead atoms. The summed E-state index contributed by atoms with van der Waals surface area (Å²) < 4.78 is 16.5. The predicted molar refractivity (Wildman–Crippen MR) is 112 cm³/mol. The number of piperidine rings is 1. The molecular weight excluding hydrogens is 384 g/mol. The molecule has 0 saturated carbocycles. The van der Waals surface area contributed by atoms with Crippen LogP contribution in [0.4, 0.5) is 10.5 Å². The second-order valence-electron chi connectivity index (χ2n) is 8.32. The first-order valence-electron chi connectivity index (χ1n) is 10.8. The number of ether oxygens (including phenoxy) is 2. The van der Waals surface area contributed by atoms with Gasteiger partial charge in [-0.3, -0.25) is 0 Å². The van der Waals surface area contributed by atoms with Crippen LogP contribution in [0.3, 0.4) is 0 Å². The monoisotopic (exact) mass is 414 g/mol. The number of carbonyl (C=O) groups excluding carboxylic acids is 1. The molecule has 0 radical (unpaired) electrons. The normalized spacial score (nSPS) is 22.7. The van der Waals surface area contributed by atoms with Gasteiger partial charge in [0.05, 0.1) is 6.61 Å². The van der Waals surface area contributed by atoms with E-state index in [1.54, 1.807) is 0 Å². The molecule has 2 amide bonds. The number of anilines is 1. The van der Waals surface area contributed by atoms with Crippen molar-refractivity contribution in [2.45, 2.75) is 50.9 Å². The molecular formula is C22H30N4O4. The Balaban J connectivity index is 1.40. The lowest BCUT2D eigenvalue weighted by Gasteiger charge is -2.38. The van der Waals surface area contributed by atoms with Crippen molar-refractivity contribution in [2.24, 2.45) is 0 Å². The number of nitrogens with one attached hydrogen (secondary N) is 1. The zero-order chi connectivity index (χ0) is 21.0. The highest BCUT2D eigenvalue weighted by atomic mass is 16.5. The number of amides is 2. The average Bonchev–Trinajstić information content (AvgIpc) is 3.27. The van der Waals surface area contributed by atoms with Crippen LogP contribution >= 0.6 is 0 Å². The lowest BCUT2D eigenvalue weighted by atomic mass is 9.81. The first-order valence-corrected chi connectivity index (χ1v) is 10.8. The fourth-order valence-corrected chi connectivity index (χ4v) is 4.19. The Hall–Kier alpha value is -2.61. The summed E-state index contributed by atoms with van der Waals surface area (Å²) in [6.45, 7) is 7.41. The summed E-state index contributed by atoms with van der Waals surface area (Å²) in [4.78, 5) is 19.4. The van der Waals surface area contributed by atoms with Crippen molar-refractivity contribution in [3.05, 3.63) is 36.0 Å². The van der Waals surface area contributed by atoms with E-state index < -0.39 is 0 Å². The number of hydrogen-bond acceptors (Lipinski definition) is 6. The Morgan fingerprint density at radius 2 is 2.07 bits per heavy atom. The van der Waals surface area contributed by atoms with E-state index in [0.717, 1.165) is 50.3 Å². The number of nitrogens with zero attached hydrogens (tertiary/aromatic N) is 3. The Morgan fingerprint density at radius 1 is 1.30 bits per heavy atom. The molecule has 2 saturated heterocycles. The van der Waals surface area contributed by atoms with Crippen molar-refractivity contribution in [1.29, 1.82) is 0 Å². The van der Waals surface area contributed by atoms with Gasteiger partial charge < -0.3 is 24.2 Å². The molecule has 162 valence electrons. The van der Waals surface area contributed by atoms with Crippen LogP contribution < -0.4 is 10.1 Å². The van der Waals surface area contributed by atoms with Crippen LogP contribution in [-0.4, -0.2) is 54.0 Å². The highest BCUT2D eigenvalue weighted by Crippen LogP contribution is 2.34. The molecule has 0 spiro atoms. The van der Waals surface area contributed by atoms with Gasteiger partial charge in [-0.05, 0) is 56.9 Å². The summed E-state index contributed by atoms with van der Waals surface area (Å²) in [5.41, 5.74) is 0.429. The highest BCUT2D eigenvalue weighted by molar-refractivity contribution is 5.89. The number of carbonyl (C=O) groups is 1. The highest BCUT2D eigenvalue weighted by Gasteiger charge is 2.39. The van der Waals surface area contributed by atoms with Crippen molar-refractivity contribution in [3.8, 4) is 5.75 Å². The fourth-order valence-electron chi connectivity index (χ4n) is 4.19. The number of hydrogen-bond donors (Lipinski definition) is 1. The molecule has 1 aromatic carbocycles. The summed E-state index contributed by atoms with van der Waals surface area (Å²) in [6.07, 6.45) is 3.64. The minimum Gasteiger partial charge on any atom is -0.494 e. The first-order chi connectivity index (χ1) is 14.6. The molecule has 4 rings (SSSR count). The maximum absolute atomic E-state index is 12.9. The van der Waals surface area contributed by atoms with E-state index in [2.05, 4.69) is 17.4 Å². The Morgan fingerprint density at radius 3 is 2.80 bits per heavy atom. The van der Waals surface area contributed by atoms with E-state index in [1.807, 2.05) is 36.1 Å².